The van der Waals surface area contributed by atoms with Crippen molar-refractivity contribution in [2.75, 3.05) is 33.4 Å². The lowest BCUT2D eigenvalue weighted by Gasteiger charge is -2.14. The summed E-state index contributed by atoms with van der Waals surface area (Å²) in [5.41, 5.74) is 8.44. The molecule has 0 aliphatic heterocycles. The van der Waals surface area contributed by atoms with Crippen LogP contribution < -0.4 is 11.1 Å². The van der Waals surface area contributed by atoms with Crippen LogP contribution >= 0.6 is 0 Å². The van der Waals surface area contributed by atoms with Crippen LogP contribution in [0.4, 0.5) is 4.79 Å². The van der Waals surface area contributed by atoms with Crippen LogP contribution in [-0.4, -0.2) is 57.5 Å². The number of aryl methyl sites for hydroxylation is 1. The first-order chi connectivity index (χ1) is 16.0. The molecule has 0 fully saturated rings. The number of esters is 1. The third-order valence-corrected chi connectivity index (χ3v) is 4.69. The third kappa shape index (κ3) is 14.2. The Labute approximate surface area is 197 Å². The Morgan fingerprint density at radius 3 is 2.42 bits per heavy atom. The first kappa shape index (κ1) is 28.4. The Hall–Kier alpha value is -2.65. The van der Waals surface area contributed by atoms with E-state index in [4.69, 9.17) is 24.8 Å². The van der Waals surface area contributed by atoms with Crippen molar-refractivity contribution in [3.05, 3.63) is 35.4 Å². The Balaban J connectivity index is 2.34. The second-order valence-corrected chi connectivity index (χ2v) is 7.68. The van der Waals surface area contributed by atoms with Crippen molar-refractivity contribution in [1.29, 1.82) is 0 Å². The number of methoxy groups -OCH3 is 1. The molecule has 0 heterocycles. The highest BCUT2D eigenvalue weighted by Crippen LogP contribution is 2.11. The Bertz CT molecular complexity index is 709. The van der Waals surface area contributed by atoms with Crippen molar-refractivity contribution < 1.29 is 28.6 Å². The number of rotatable bonds is 17. The monoisotopic (exact) mass is 465 g/mol. The van der Waals surface area contributed by atoms with Crippen LogP contribution in [0.3, 0.4) is 0 Å². The number of alkyl carbamates (subject to hydrolysis) is 1. The van der Waals surface area contributed by atoms with E-state index in [9.17, 15) is 9.59 Å². The number of amides is 1. The highest BCUT2D eigenvalue weighted by molar-refractivity contribution is 6.00. The van der Waals surface area contributed by atoms with Gasteiger partial charge < -0.3 is 30.1 Å². The van der Waals surface area contributed by atoms with E-state index in [0.717, 1.165) is 43.4 Å². The topological polar surface area (TPSA) is 121 Å². The van der Waals surface area contributed by atoms with E-state index in [-0.39, 0.29) is 19.6 Å². The maximum absolute atomic E-state index is 11.8. The molecule has 1 amide bonds. The number of nitrogens with one attached hydrogen (secondary N) is 1. The molecule has 9 heteroatoms. The molecule has 3 N–H and O–H groups in total. The maximum atomic E-state index is 11.8. The largest absolute Gasteiger partial charge is 0.425 e. The summed E-state index contributed by atoms with van der Waals surface area (Å²) in [7, 11) is 1.69. The molecule has 186 valence electrons. The minimum absolute atomic E-state index is 0.178. The second-order valence-electron chi connectivity index (χ2n) is 7.68. The van der Waals surface area contributed by atoms with Gasteiger partial charge in [0.25, 0.3) is 0 Å². The zero-order valence-electron chi connectivity index (χ0n) is 20.1. The number of hydrogen-bond donors (Lipinski definition) is 2. The van der Waals surface area contributed by atoms with Crippen LogP contribution in [0.5, 0.6) is 0 Å². The van der Waals surface area contributed by atoms with Gasteiger partial charge in [-0.3, -0.25) is 4.79 Å². The number of carbonyl (C=O) groups excluding carboxylic acids is 2. The van der Waals surface area contributed by atoms with Crippen molar-refractivity contribution in [2.45, 2.75) is 65.1 Å². The fourth-order valence-electron chi connectivity index (χ4n) is 2.90. The average molecular weight is 466 g/mol. The molecule has 0 bridgehead atoms. The van der Waals surface area contributed by atoms with Crippen LogP contribution in [-0.2, 0) is 23.8 Å². The molecule has 33 heavy (non-hydrogen) atoms. The third-order valence-electron chi connectivity index (χ3n) is 4.69. The number of unbranched alkanes of at least 4 members (excludes halogenated alkanes) is 3. The van der Waals surface area contributed by atoms with Crippen molar-refractivity contribution in [3.63, 3.8) is 0 Å². The zero-order chi connectivity index (χ0) is 24.3. The first-order valence-electron chi connectivity index (χ1n) is 11.5. The summed E-state index contributed by atoms with van der Waals surface area (Å²) in [5.74, 6) is -0.404. The molecule has 0 aromatic heterocycles. The highest BCUT2D eigenvalue weighted by atomic mass is 16.7. The number of nitrogens with two attached hydrogens (primary N) is 1. The summed E-state index contributed by atoms with van der Waals surface area (Å²) < 4.78 is 15.2. The predicted octanol–water partition coefficient (Wildman–Crippen LogP) is 3.67. The molecule has 1 aromatic carbocycles. The second kappa shape index (κ2) is 17.9. The molecule has 0 saturated carbocycles. The van der Waals surface area contributed by atoms with Crippen molar-refractivity contribution >= 4 is 17.8 Å². The first-order valence-corrected chi connectivity index (χ1v) is 11.5. The minimum atomic E-state index is -0.966. The molecule has 1 atom stereocenters. The summed E-state index contributed by atoms with van der Waals surface area (Å²) >= 11 is 0. The molecular formula is C24H39N3O6. The minimum Gasteiger partial charge on any atom is -0.425 e. The number of oxime groups is 1. The van der Waals surface area contributed by atoms with Gasteiger partial charge in [0.2, 0.25) is 6.29 Å². The summed E-state index contributed by atoms with van der Waals surface area (Å²) in [5, 5.41) is 6.82. The summed E-state index contributed by atoms with van der Waals surface area (Å²) in [4.78, 5) is 29.0. The molecule has 1 unspecified atom stereocenters. The number of hydrogen-bond acceptors (Lipinski definition) is 8. The average Bonchev–Trinajstić information content (AvgIpc) is 2.78. The summed E-state index contributed by atoms with van der Waals surface area (Å²) in [6, 6.07) is 8.10. The molecule has 1 aromatic rings. The lowest BCUT2D eigenvalue weighted by atomic mass is 10.0. The Kier molecular flexibility index (Phi) is 15.4. The van der Waals surface area contributed by atoms with Crippen molar-refractivity contribution in [3.8, 4) is 0 Å². The van der Waals surface area contributed by atoms with E-state index in [2.05, 4.69) is 10.5 Å². The van der Waals surface area contributed by atoms with Gasteiger partial charge in [-0.1, -0.05) is 41.4 Å². The highest BCUT2D eigenvalue weighted by Gasteiger charge is 2.13. The van der Waals surface area contributed by atoms with E-state index >= 15 is 0 Å². The summed E-state index contributed by atoms with van der Waals surface area (Å²) in [6.45, 7) is 5.22. The Morgan fingerprint density at radius 1 is 1.00 bits per heavy atom. The van der Waals surface area contributed by atoms with Crippen LogP contribution in [0.25, 0.3) is 0 Å². The molecular weight excluding hydrogens is 426 g/mol. The van der Waals surface area contributed by atoms with E-state index in [1.165, 1.54) is 12.5 Å². The number of nitrogens with zero attached hydrogens (tertiary/aromatic N) is 1. The maximum Gasteiger partial charge on any atom is 0.410 e. The fraction of sp³-hybridized carbons (Fsp3) is 0.625. The van der Waals surface area contributed by atoms with E-state index in [1.54, 1.807) is 7.11 Å². The quantitative estimate of drug-likeness (QED) is 0.118. The molecule has 1 rings (SSSR count). The molecule has 0 radical (unpaired) electrons. The van der Waals surface area contributed by atoms with Gasteiger partial charge in [0.15, 0.2) is 0 Å². The van der Waals surface area contributed by atoms with Crippen LogP contribution in [0.2, 0.25) is 0 Å². The normalized spacial score (nSPS) is 12.2. The van der Waals surface area contributed by atoms with Crippen LogP contribution in [0.15, 0.2) is 29.4 Å². The van der Waals surface area contributed by atoms with E-state index < -0.39 is 18.4 Å². The van der Waals surface area contributed by atoms with Gasteiger partial charge in [-0.2, -0.15) is 0 Å². The van der Waals surface area contributed by atoms with Gasteiger partial charge in [-0.05, 0) is 51.1 Å². The van der Waals surface area contributed by atoms with Gasteiger partial charge in [0.05, 0.1) is 12.3 Å². The number of ether oxygens (including phenoxy) is 3. The van der Waals surface area contributed by atoms with Gasteiger partial charge in [0.1, 0.15) is 6.61 Å². The van der Waals surface area contributed by atoms with Gasteiger partial charge in [-0.15, -0.1) is 0 Å². The number of benzene rings is 1. The standard InChI is InChI=1S/C24H39N3O6/c1-19-11-13-21(14-12-19)22(9-6-8-17-30-3)27-31-18-16-26-24(29)33-20(2)32-23(28)10-5-4-7-15-25/h11-14,20H,4-10,15-18,25H2,1-3H3,(H,26,29)/b27-22+. The lowest BCUT2D eigenvalue weighted by molar-refractivity contribution is -0.165. The molecule has 0 spiro atoms. The number of carbonyl (C=O) groups is 2. The molecule has 9 nitrogen and oxygen atoms in total. The molecule has 0 saturated heterocycles. The molecule has 0 aliphatic carbocycles. The van der Waals surface area contributed by atoms with E-state index in [0.29, 0.717) is 19.6 Å². The van der Waals surface area contributed by atoms with Crippen molar-refractivity contribution in [2.24, 2.45) is 10.9 Å². The van der Waals surface area contributed by atoms with Crippen LogP contribution in [0.1, 0.15) is 63.0 Å². The Morgan fingerprint density at radius 2 is 1.73 bits per heavy atom. The lowest BCUT2D eigenvalue weighted by Crippen LogP contribution is -2.32. The fourth-order valence-corrected chi connectivity index (χ4v) is 2.90. The predicted molar refractivity (Wildman–Crippen MR) is 127 cm³/mol. The van der Waals surface area contributed by atoms with Crippen LogP contribution in [0, 0.1) is 6.92 Å². The smallest absolute Gasteiger partial charge is 0.410 e. The summed E-state index contributed by atoms with van der Waals surface area (Å²) in [6.07, 6.45) is 3.67. The van der Waals surface area contributed by atoms with Gasteiger partial charge in [-0.25, -0.2) is 4.79 Å². The SMILES string of the molecule is COCCCC/C(=N\OCCNC(=O)OC(C)OC(=O)CCCCCN)c1ccc(C)cc1. The van der Waals surface area contributed by atoms with Gasteiger partial charge >= 0.3 is 12.1 Å². The van der Waals surface area contributed by atoms with E-state index in [1.807, 2.05) is 31.2 Å². The van der Waals surface area contributed by atoms with Gasteiger partial charge in [0, 0.05) is 27.1 Å². The van der Waals surface area contributed by atoms with Crippen molar-refractivity contribution in [1.82, 2.24) is 5.32 Å². The zero-order valence-corrected chi connectivity index (χ0v) is 20.1. The molecule has 0 aliphatic rings.